The fraction of sp³-hybridized carbons (Fsp3) is 0.353. The lowest BCUT2D eigenvalue weighted by atomic mass is 10.1. The molecule has 1 unspecified atom stereocenters. The molecule has 0 bridgehead atoms. The minimum atomic E-state index is 0.323. The van der Waals surface area contributed by atoms with Gasteiger partial charge in [0.05, 0.1) is 6.61 Å². The largest absolute Gasteiger partial charge is 0.494 e. The number of benzene rings is 1. The number of hydrogen-bond acceptors (Lipinski definition) is 4. The standard InChI is InChI=1S/C17H22N2OS/c1-3-12-20-15-6-4-14(5-7-15)17(18-2)13-21-16-8-10-19-11-9-16/h4-11,17-18H,3,12-13H2,1-2H3. The van der Waals surface area contributed by atoms with E-state index in [9.17, 15) is 0 Å². The van der Waals surface area contributed by atoms with Crippen LogP contribution in [0.1, 0.15) is 24.9 Å². The van der Waals surface area contributed by atoms with Crippen LogP contribution in [0.2, 0.25) is 0 Å². The predicted octanol–water partition coefficient (Wildman–Crippen LogP) is 3.92. The Hall–Kier alpha value is -1.52. The molecule has 1 aromatic heterocycles. The topological polar surface area (TPSA) is 34.1 Å². The van der Waals surface area contributed by atoms with E-state index in [2.05, 4.69) is 29.4 Å². The van der Waals surface area contributed by atoms with Crippen LogP contribution >= 0.6 is 11.8 Å². The first-order chi connectivity index (χ1) is 10.3. The van der Waals surface area contributed by atoms with Crippen molar-refractivity contribution in [1.29, 1.82) is 0 Å². The third-order valence-corrected chi connectivity index (χ3v) is 4.28. The third kappa shape index (κ3) is 5.06. The zero-order valence-corrected chi connectivity index (χ0v) is 13.4. The molecule has 3 nitrogen and oxygen atoms in total. The van der Waals surface area contributed by atoms with E-state index in [1.54, 1.807) is 0 Å². The van der Waals surface area contributed by atoms with Crippen molar-refractivity contribution in [2.75, 3.05) is 19.4 Å². The highest BCUT2D eigenvalue weighted by Gasteiger charge is 2.10. The van der Waals surface area contributed by atoms with Crippen molar-refractivity contribution >= 4 is 11.8 Å². The normalized spacial score (nSPS) is 12.1. The first-order valence-corrected chi connectivity index (χ1v) is 8.25. The summed E-state index contributed by atoms with van der Waals surface area (Å²) in [6, 6.07) is 12.8. The highest BCUT2D eigenvalue weighted by Crippen LogP contribution is 2.25. The molecule has 1 aromatic carbocycles. The molecule has 112 valence electrons. The Morgan fingerprint density at radius 2 is 1.86 bits per heavy atom. The van der Waals surface area contributed by atoms with E-state index >= 15 is 0 Å². The maximum Gasteiger partial charge on any atom is 0.119 e. The van der Waals surface area contributed by atoms with Crippen LogP contribution < -0.4 is 10.1 Å². The smallest absolute Gasteiger partial charge is 0.119 e. The van der Waals surface area contributed by atoms with Gasteiger partial charge in [-0.05, 0) is 43.3 Å². The summed E-state index contributed by atoms with van der Waals surface area (Å²) in [6.45, 7) is 2.88. The van der Waals surface area contributed by atoms with Crippen LogP contribution in [0.4, 0.5) is 0 Å². The summed E-state index contributed by atoms with van der Waals surface area (Å²) in [5.41, 5.74) is 1.28. The number of aromatic nitrogens is 1. The van der Waals surface area contributed by atoms with E-state index in [4.69, 9.17) is 4.74 Å². The van der Waals surface area contributed by atoms with Crippen LogP contribution in [-0.2, 0) is 0 Å². The number of nitrogens with one attached hydrogen (secondary N) is 1. The van der Waals surface area contributed by atoms with Crippen LogP contribution in [-0.4, -0.2) is 24.4 Å². The average molecular weight is 302 g/mol. The number of thioether (sulfide) groups is 1. The van der Waals surface area contributed by atoms with Crippen LogP contribution in [0.15, 0.2) is 53.7 Å². The first-order valence-electron chi connectivity index (χ1n) is 7.26. The summed E-state index contributed by atoms with van der Waals surface area (Å²) < 4.78 is 5.62. The second-order valence-corrected chi connectivity index (χ2v) is 5.85. The lowest BCUT2D eigenvalue weighted by Gasteiger charge is -2.17. The summed E-state index contributed by atoms with van der Waals surface area (Å²) in [4.78, 5) is 5.29. The van der Waals surface area contributed by atoms with E-state index in [1.165, 1.54) is 10.5 Å². The van der Waals surface area contributed by atoms with Gasteiger partial charge in [-0.15, -0.1) is 11.8 Å². The van der Waals surface area contributed by atoms with Gasteiger partial charge in [-0.2, -0.15) is 0 Å². The van der Waals surface area contributed by atoms with E-state index in [1.807, 2.05) is 55.5 Å². The summed E-state index contributed by atoms with van der Waals surface area (Å²) in [5, 5.41) is 3.37. The maximum absolute atomic E-state index is 5.62. The zero-order chi connectivity index (χ0) is 14.9. The highest BCUT2D eigenvalue weighted by molar-refractivity contribution is 7.99. The Morgan fingerprint density at radius 3 is 2.48 bits per heavy atom. The molecule has 0 aliphatic rings. The molecule has 2 aromatic rings. The fourth-order valence-corrected chi connectivity index (χ4v) is 3.01. The van der Waals surface area contributed by atoms with Gasteiger partial charge in [0, 0.05) is 29.1 Å². The van der Waals surface area contributed by atoms with Crippen molar-refractivity contribution in [2.24, 2.45) is 0 Å². The summed E-state index contributed by atoms with van der Waals surface area (Å²) in [5.74, 6) is 1.92. The molecule has 0 saturated heterocycles. The molecule has 1 N–H and O–H groups in total. The van der Waals surface area contributed by atoms with E-state index in [-0.39, 0.29) is 0 Å². The summed E-state index contributed by atoms with van der Waals surface area (Å²) >= 11 is 1.83. The van der Waals surface area contributed by atoms with Gasteiger partial charge in [-0.3, -0.25) is 4.98 Å². The molecule has 0 amide bonds. The van der Waals surface area contributed by atoms with Crippen LogP contribution in [0.5, 0.6) is 5.75 Å². The molecule has 0 aliphatic heterocycles. The van der Waals surface area contributed by atoms with Gasteiger partial charge in [0.1, 0.15) is 5.75 Å². The van der Waals surface area contributed by atoms with Gasteiger partial charge in [-0.1, -0.05) is 19.1 Å². The highest BCUT2D eigenvalue weighted by atomic mass is 32.2. The molecule has 1 atom stereocenters. The summed E-state index contributed by atoms with van der Waals surface area (Å²) in [7, 11) is 2.00. The molecule has 0 radical (unpaired) electrons. The van der Waals surface area contributed by atoms with Crippen LogP contribution in [0.25, 0.3) is 0 Å². The zero-order valence-electron chi connectivity index (χ0n) is 12.6. The summed E-state index contributed by atoms with van der Waals surface area (Å²) in [6.07, 6.45) is 4.69. The lowest BCUT2D eigenvalue weighted by Crippen LogP contribution is -2.18. The van der Waals surface area contributed by atoms with Crippen molar-refractivity contribution < 1.29 is 4.74 Å². The van der Waals surface area contributed by atoms with E-state index in [0.29, 0.717) is 6.04 Å². The van der Waals surface area contributed by atoms with Gasteiger partial charge in [-0.25, -0.2) is 0 Å². The third-order valence-electron chi connectivity index (χ3n) is 3.17. The quantitative estimate of drug-likeness (QED) is 0.749. The molecule has 0 spiro atoms. The van der Waals surface area contributed by atoms with Crippen molar-refractivity contribution in [3.8, 4) is 5.75 Å². The molecule has 2 rings (SSSR count). The maximum atomic E-state index is 5.62. The lowest BCUT2D eigenvalue weighted by molar-refractivity contribution is 0.317. The molecule has 4 heteroatoms. The Kier molecular flexibility index (Phi) is 6.57. The minimum Gasteiger partial charge on any atom is -0.494 e. The van der Waals surface area contributed by atoms with Gasteiger partial charge in [0.2, 0.25) is 0 Å². The molecular weight excluding hydrogens is 280 g/mol. The first kappa shape index (κ1) is 15.9. The Labute approximate surface area is 131 Å². The minimum absolute atomic E-state index is 0.323. The molecule has 0 saturated carbocycles. The number of ether oxygens (including phenoxy) is 1. The monoisotopic (exact) mass is 302 g/mol. The molecule has 21 heavy (non-hydrogen) atoms. The van der Waals surface area contributed by atoms with Gasteiger partial charge in [0.15, 0.2) is 0 Å². The van der Waals surface area contributed by atoms with Crippen molar-refractivity contribution in [3.63, 3.8) is 0 Å². The second kappa shape index (κ2) is 8.70. The van der Waals surface area contributed by atoms with Gasteiger partial charge < -0.3 is 10.1 Å². The molecular formula is C17H22N2OS. The Morgan fingerprint density at radius 1 is 1.14 bits per heavy atom. The van der Waals surface area contributed by atoms with E-state index in [0.717, 1.165) is 24.5 Å². The number of nitrogens with zero attached hydrogens (tertiary/aromatic N) is 1. The number of rotatable bonds is 8. The Bertz CT molecular complexity index is 516. The predicted molar refractivity (Wildman–Crippen MR) is 89.0 cm³/mol. The van der Waals surface area contributed by atoms with Gasteiger partial charge in [0.25, 0.3) is 0 Å². The molecule has 0 fully saturated rings. The van der Waals surface area contributed by atoms with Crippen molar-refractivity contribution in [2.45, 2.75) is 24.3 Å². The molecule has 0 aliphatic carbocycles. The van der Waals surface area contributed by atoms with Crippen molar-refractivity contribution in [1.82, 2.24) is 10.3 Å². The Balaban J connectivity index is 1.94. The average Bonchev–Trinajstić information content (AvgIpc) is 2.55. The fourth-order valence-electron chi connectivity index (χ4n) is 1.98. The second-order valence-electron chi connectivity index (χ2n) is 4.75. The van der Waals surface area contributed by atoms with Gasteiger partial charge >= 0.3 is 0 Å². The SMILES string of the molecule is CCCOc1ccc(C(CSc2ccncc2)NC)cc1. The number of hydrogen-bond donors (Lipinski definition) is 1. The van der Waals surface area contributed by atoms with Crippen molar-refractivity contribution in [3.05, 3.63) is 54.4 Å². The number of pyridine rings is 1. The molecule has 1 heterocycles. The van der Waals surface area contributed by atoms with Crippen LogP contribution in [0, 0.1) is 0 Å². The van der Waals surface area contributed by atoms with Crippen LogP contribution in [0.3, 0.4) is 0 Å². The van der Waals surface area contributed by atoms with E-state index < -0.39 is 0 Å².